The van der Waals surface area contributed by atoms with Gasteiger partial charge in [0.05, 0.1) is 19.4 Å². The predicted octanol–water partition coefficient (Wildman–Crippen LogP) is 3.93. The van der Waals surface area contributed by atoms with Crippen LogP contribution in [0.1, 0.15) is 28.3 Å². The molecule has 120 valence electrons. The maximum absolute atomic E-state index is 13.0. The van der Waals surface area contributed by atoms with Crippen molar-refractivity contribution in [2.75, 3.05) is 7.11 Å². The molecule has 2 aromatic carbocycles. The van der Waals surface area contributed by atoms with Gasteiger partial charge >= 0.3 is 5.97 Å². The molecule has 2 aromatic rings. The van der Waals surface area contributed by atoms with Crippen molar-refractivity contribution in [1.82, 2.24) is 0 Å². The molecule has 0 fully saturated rings. The zero-order valence-electron chi connectivity index (χ0n) is 12.3. The lowest BCUT2D eigenvalue weighted by molar-refractivity contribution is -0.137. The minimum absolute atomic E-state index is 0.219. The second-order valence-corrected chi connectivity index (χ2v) is 5.32. The molecular formula is C17H14ClFO4. The van der Waals surface area contributed by atoms with E-state index in [-0.39, 0.29) is 10.6 Å². The molecule has 0 bridgehead atoms. The highest BCUT2D eigenvalue weighted by atomic mass is 35.5. The number of carboxylic acids is 1. The van der Waals surface area contributed by atoms with E-state index in [0.717, 1.165) is 12.1 Å². The number of hydrogen-bond donors (Lipinski definition) is 1. The van der Waals surface area contributed by atoms with Crippen LogP contribution in [0.2, 0.25) is 5.02 Å². The van der Waals surface area contributed by atoms with Crippen molar-refractivity contribution < 1.29 is 23.8 Å². The van der Waals surface area contributed by atoms with E-state index in [1.54, 1.807) is 12.1 Å². The minimum atomic E-state index is -1.13. The Morgan fingerprint density at radius 1 is 1.22 bits per heavy atom. The highest BCUT2D eigenvalue weighted by Gasteiger charge is 2.27. The number of Topliss-reactive ketones (excluding diaryl/α,β-unsaturated/α-hetero) is 1. The van der Waals surface area contributed by atoms with Crippen LogP contribution < -0.4 is 4.74 Å². The fraction of sp³-hybridized carbons (Fsp3) is 0.176. The molecule has 6 heteroatoms. The average Bonchev–Trinajstić information content (AvgIpc) is 2.53. The van der Waals surface area contributed by atoms with Crippen LogP contribution in [-0.2, 0) is 4.79 Å². The molecule has 1 unspecified atom stereocenters. The number of rotatable bonds is 6. The van der Waals surface area contributed by atoms with Crippen LogP contribution in [0.5, 0.6) is 5.75 Å². The molecule has 0 heterocycles. The molecular weight excluding hydrogens is 323 g/mol. The molecule has 0 aliphatic heterocycles. The van der Waals surface area contributed by atoms with Crippen molar-refractivity contribution in [2.45, 2.75) is 12.3 Å². The molecule has 23 heavy (non-hydrogen) atoms. The maximum Gasteiger partial charge on any atom is 0.304 e. The molecule has 2 rings (SSSR count). The molecule has 1 N–H and O–H groups in total. The second-order valence-electron chi connectivity index (χ2n) is 4.91. The number of methoxy groups -OCH3 is 1. The van der Waals surface area contributed by atoms with E-state index >= 15 is 0 Å². The standard InChI is InChI=1S/C17H14ClFO4/c1-23-12-6-7-15(18)13(8-12)14(9-16(20)21)17(22)10-2-4-11(19)5-3-10/h2-8,14H,9H2,1H3,(H,20,21). The van der Waals surface area contributed by atoms with Gasteiger partial charge in [-0.05, 0) is 48.0 Å². The predicted molar refractivity (Wildman–Crippen MR) is 83.7 cm³/mol. The first-order valence-electron chi connectivity index (χ1n) is 6.77. The van der Waals surface area contributed by atoms with Crippen molar-refractivity contribution in [3.05, 3.63) is 64.4 Å². The molecule has 0 saturated carbocycles. The van der Waals surface area contributed by atoms with Crippen molar-refractivity contribution in [1.29, 1.82) is 0 Å². The zero-order chi connectivity index (χ0) is 17.0. The third kappa shape index (κ3) is 4.07. The summed E-state index contributed by atoms with van der Waals surface area (Å²) in [6.07, 6.45) is -0.427. The Morgan fingerprint density at radius 3 is 2.43 bits per heavy atom. The van der Waals surface area contributed by atoms with Crippen LogP contribution in [0.3, 0.4) is 0 Å². The van der Waals surface area contributed by atoms with E-state index in [1.165, 1.54) is 25.3 Å². The van der Waals surface area contributed by atoms with Crippen molar-refractivity contribution in [2.24, 2.45) is 0 Å². The lowest BCUT2D eigenvalue weighted by atomic mass is 9.88. The van der Waals surface area contributed by atoms with E-state index in [1.807, 2.05) is 0 Å². The lowest BCUT2D eigenvalue weighted by Gasteiger charge is -2.17. The smallest absolute Gasteiger partial charge is 0.304 e. The second kappa shape index (κ2) is 7.24. The van der Waals surface area contributed by atoms with Gasteiger partial charge in [0.15, 0.2) is 5.78 Å². The van der Waals surface area contributed by atoms with Crippen LogP contribution >= 0.6 is 11.6 Å². The van der Waals surface area contributed by atoms with Gasteiger partial charge in [-0.15, -0.1) is 0 Å². The number of aliphatic carboxylic acids is 1. The number of ketones is 1. The molecule has 4 nitrogen and oxygen atoms in total. The highest BCUT2D eigenvalue weighted by Crippen LogP contribution is 2.33. The summed E-state index contributed by atoms with van der Waals surface area (Å²) in [4.78, 5) is 23.8. The van der Waals surface area contributed by atoms with Gasteiger partial charge in [0.2, 0.25) is 0 Å². The quantitative estimate of drug-likeness (QED) is 0.812. The lowest BCUT2D eigenvalue weighted by Crippen LogP contribution is -2.17. The van der Waals surface area contributed by atoms with Gasteiger partial charge < -0.3 is 9.84 Å². The molecule has 0 spiro atoms. The Bertz CT molecular complexity index is 728. The summed E-state index contributed by atoms with van der Waals surface area (Å²) in [7, 11) is 1.46. The van der Waals surface area contributed by atoms with Gasteiger partial charge in [-0.3, -0.25) is 9.59 Å². The SMILES string of the molecule is COc1ccc(Cl)c(C(CC(=O)O)C(=O)c2ccc(F)cc2)c1. The van der Waals surface area contributed by atoms with Gasteiger partial charge in [0.25, 0.3) is 0 Å². The summed E-state index contributed by atoms with van der Waals surface area (Å²) in [5, 5.41) is 9.39. The van der Waals surface area contributed by atoms with Gasteiger partial charge in [0.1, 0.15) is 11.6 Å². The average molecular weight is 337 g/mol. The van der Waals surface area contributed by atoms with E-state index in [2.05, 4.69) is 0 Å². The Morgan fingerprint density at radius 2 is 1.87 bits per heavy atom. The van der Waals surface area contributed by atoms with Crippen molar-refractivity contribution in [3.63, 3.8) is 0 Å². The zero-order valence-corrected chi connectivity index (χ0v) is 13.0. The van der Waals surface area contributed by atoms with Gasteiger partial charge in [-0.25, -0.2) is 4.39 Å². The third-order valence-electron chi connectivity index (χ3n) is 3.40. The first-order valence-corrected chi connectivity index (χ1v) is 7.15. The molecule has 0 amide bonds. The maximum atomic E-state index is 13.0. The Hall–Kier alpha value is -2.40. The molecule has 0 aromatic heterocycles. The Kier molecular flexibility index (Phi) is 5.34. The normalized spacial score (nSPS) is 11.8. The fourth-order valence-corrected chi connectivity index (χ4v) is 2.50. The van der Waals surface area contributed by atoms with E-state index in [0.29, 0.717) is 11.3 Å². The Labute approximate surface area is 137 Å². The van der Waals surface area contributed by atoms with Crippen molar-refractivity contribution >= 4 is 23.4 Å². The van der Waals surface area contributed by atoms with E-state index in [9.17, 15) is 14.0 Å². The molecule has 1 atom stereocenters. The largest absolute Gasteiger partial charge is 0.497 e. The fourth-order valence-electron chi connectivity index (χ4n) is 2.25. The van der Waals surface area contributed by atoms with Gasteiger partial charge in [-0.2, -0.15) is 0 Å². The molecule has 0 radical (unpaired) electrons. The van der Waals surface area contributed by atoms with Gasteiger partial charge in [-0.1, -0.05) is 11.6 Å². The van der Waals surface area contributed by atoms with Gasteiger partial charge in [0, 0.05) is 10.6 Å². The van der Waals surface area contributed by atoms with E-state index < -0.39 is 29.9 Å². The van der Waals surface area contributed by atoms with Crippen LogP contribution in [0, 0.1) is 5.82 Å². The summed E-state index contributed by atoms with van der Waals surface area (Å²) in [5.74, 6) is -2.57. The summed E-state index contributed by atoms with van der Waals surface area (Å²) >= 11 is 6.13. The van der Waals surface area contributed by atoms with Crippen LogP contribution in [0.25, 0.3) is 0 Å². The van der Waals surface area contributed by atoms with E-state index in [4.69, 9.17) is 21.4 Å². The van der Waals surface area contributed by atoms with Crippen LogP contribution in [0.4, 0.5) is 4.39 Å². The summed E-state index contributed by atoms with van der Waals surface area (Å²) in [5.41, 5.74) is 0.583. The van der Waals surface area contributed by atoms with Crippen LogP contribution in [-0.4, -0.2) is 24.0 Å². The molecule has 0 saturated heterocycles. The first-order chi connectivity index (χ1) is 10.9. The minimum Gasteiger partial charge on any atom is -0.497 e. The number of benzene rings is 2. The summed E-state index contributed by atoms with van der Waals surface area (Å²) in [6.45, 7) is 0. The number of halogens is 2. The third-order valence-corrected chi connectivity index (χ3v) is 3.75. The molecule has 0 aliphatic carbocycles. The first kappa shape index (κ1) is 17.0. The topological polar surface area (TPSA) is 63.6 Å². The number of carboxylic acid groups (broad SMARTS) is 1. The van der Waals surface area contributed by atoms with Crippen molar-refractivity contribution in [3.8, 4) is 5.75 Å². The highest BCUT2D eigenvalue weighted by molar-refractivity contribution is 6.31. The number of hydrogen-bond acceptors (Lipinski definition) is 3. The monoisotopic (exact) mass is 336 g/mol. The summed E-state index contributed by atoms with van der Waals surface area (Å²) in [6, 6.07) is 9.64. The van der Waals surface area contributed by atoms with Crippen LogP contribution in [0.15, 0.2) is 42.5 Å². The molecule has 0 aliphatic rings. The Balaban J connectivity index is 2.46. The number of ether oxygens (including phenoxy) is 1. The number of carbonyl (C=O) groups is 2. The summed E-state index contributed by atoms with van der Waals surface area (Å²) < 4.78 is 18.1. The number of carbonyl (C=O) groups excluding carboxylic acids is 1.